The number of benzene rings is 1. The van der Waals surface area contributed by atoms with Gasteiger partial charge in [0.05, 0.1) is 18.6 Å². The number of aryl methyl sites for hydroxylation is 1. The minimum Gasteiger partial charge on any atom is -0.467 e. The third-order valence-electron chi connectivity index (χ3n) is 4.36. The first-order chi connectivity index (χ1) is 12.1. The van der Waals surface area contributed by atoms with Gasteiger partial charge in [0.1, 0.15) is 6.04 Å². The number of halogens is 1. The van der Waals surface area contributed by atoms with Gasteiger partial charge in [-0.1, -0.05) is 47.6 Å². The van der Waals surface area contributed by atoms with Crippen LogP contribution >= 0.6 is 27.7 Å². The van der Waals surface area contributed by atoms with E-state index in [1.807, 2.05) is 39.8 Å². The van der Waals surface area contributed by atoms with Gasteiger partial charge in [0.25, 0.3) is 0 Å². The smallest absolute Gasteiger partial charge is 0.328 e. The predicted octanol–water partition coefficient (Wildman–Crippen LogP) is 4.27. The fourth-order valence-electron chi connectivity index (χ4n) is 2.50. The number of carbonyl (C=O) groups excluding carboxylic acids is 3. The zero-order chi connectivity index (χ0) is 20.0. The molecule has 0 spiro atoms. The lowest BCUT2D eigenvalue weighted by Crippen LogP contribution is -2.46. The zero-order valence-electron chi connectivity index (χ0n) is 16.1. The lowest BCUT2D eigenvalue weighted by Gasteiger charge is -2.30. The average molecular weight is 444 g/mol. The van der Waals surface area contributed by atoms with E-state index in [9.17, 15) is 14.4 Å². The molecule has 0 radical (unpaired) electrons. The number of anilines is 1. The summed E-state index contributed by atoms with van der Waals surface area (Å²) in [5.74, 6) is -0.923. The molecule has 0 bridgehead atoms. The summed E-state index contributed by atoms with van der Waals surface area (Å²) in [7, 11) is 1.29. The van der Waals surface area contributed by atoms with E-state index in [4.69, 9.17) is 4.74 Å². The van der Waals surface area contributed by atoms with Crippen LogP contribution in [0.4, 0.5) is 5.69 Å². The first-order valence-electron chi connectivity index (χ1n) is 8.47. The van der Waals surface area contributed by atoms with Crippen LogP contribution in [0.25, 0.3) is 0 Å². The van der Waals surface area contributed by atoms with Crippen molar-refractivity contribution in [1.29, 1.82) is 0 Å². The number of carbonyl (C=O) groups is 3. The van der Waals surface area contributed by atoms with Crippen molar-refractivity contribution < 1.29 is 19.1 Å². The van der Waals surface area contributed by atoms with Crippen LogP contribution < -0.4 is 4.90 Å². The van der Waals surface area contributed by atoms with Crippen LogP contribution in [0.1, 0.15) is 38.3 Å². The number of amides is 1. The molecule has 144 valence electrons. The quantitative estimate of drug-likeness (QED) is 0.588. The number of hydrogen-bond acceptors (Lipinski definition) is 5. The van der Waals surface area contributed by atoms with Crippen LogP contribution in [-0.4, -0.2) is 35.9 Å². The van der Waals surface area contributed by atoms with E-state index >= 15 is 0 Å². The van der Waals surface area contributed by atoms with E-state index in [0.29, 0.717) is 5.69 Å². The highest BCUT2D eigenvalue weighted by Crippen LogP contribution is 2.33. The number of rotatable bonds is 7. The first kappa shape index (κ1) is 22.7. The van der Waals surface area contributed by atoms with Crippen LogP contribution in [0.5, 0.6) is 0 Å². The molecule has 0 fully saturated rings. The molecule has 1 rings (SSSR count). The molecule has 1 unspecified atom stereocenters. The molecule has 1 aromatic rings. The topological polar surface area (TPSA) is 63.7 Å². The van der Waals surface area contributed by atoms with Gasteiger partial charge in [-0.05, 0) is 44.4 Å². The van der Waals surface area contributed by atoms with Crippen LogP contribution in [0, 0.1) is 19.8 Å². The largest absolute Gasteiger partial charge is 0.467 e. The van der Waals surface area contributed by atoms with Gasteiger partial charge >= 0.3 is 5.97 Å². The van der Waals surface area contributed by atoms with Gasteiger partial charge in [0.2, 0.25) is 5.91 Å². The van der Waals surface area contributed by atoms with Crippen molar-refractivity contribution in [2.45, 2.75) is 47.1 Å². The molecule has 0 saturated carbocycles. The van der Waals surface area contributed by atoms with Gasteiger partial charge in [-0.25, -0.2) is 4.79 Å². The summed E-state index contributed by atoms with van der Waals surface area (Å²) < 4.78 is 5.68. The molecule has 5 nitrogen and oxygen atoms in total. The maximum atomic E-state index is 13.0. The molecule has 7 heteroatoms. The van der Waals surface area contributed by atoms with Crippen LogP contribution in [0.15, 0.2) is 16.6 Å². The minimum atomic E-state index is -0.793. The van der Waals surface area contributed by atoms with Crippen molar-refractivity contribution in [2.24, 2.45) is 5.92 Å². The van der Waals surface area contributed by atoms with E-state index in [0.717, 1.165) is 33.8 Å². The van der Waals surface area contributed by atoms with Gasteiger partial charge in [-0.15, -0.1) is 0 Å². The fourth-order valence-corrected chi connectivity index (χ4v) is 3.68. The Morgan fingerprint density at radius 3 is 2.38 bits per heavy atom. The summed E-state index contributed by atoms with van der Waals surface area (Å²) in [6.07, 6.45) is 0.728. The van der Waals surface area contributed by atoms with Crippen molar-refractivity contribution in [1.82, 2.24) is 0 Å². The number of thioether (sulfide) groups is 1. The Morgan fingerprint density at radius 2 is 1.85 bits per heavy atom. The standard InChI is InChI=1S/C19H26BrNO4S/c1-7-11(2)19(24)26-10-16(22)21(14(5)18(23)25-6)17-12(3)8-9-15(20)13(17)4/h8-9,11,14H,7,10H2,1-6H3/t11?,14-/m0/s1. The normalized spacial score (nSPS) is 13.0. The second-order valence-electron chi connectivity index (χ2n) is 6.22. The molecular formula is C19H26BrNO4S. The Morgan fingerprint density at radius 1 is 1.23 bits per heavy atom. The highest BCUT2D eigenvalue weighted by molar-refractivity contribution is 9.10. The van der Waals surface area contributed by atoms with Crippen molar-refractivity contribution in [3.8, 4) is 0 Å². The summed E-state index contributed by atoms with van der Waals surface area (Å²) in [5.41, 5.74) is 2.39. The van der Waals surface area contributed by atoms with Gasteiger partial charge in [-0.2, -0.15) is 0 Å². The van der Waals surface area contributed by atoms with E-state index in [-0.39, 0.29) is 22.7 Å². The van der Waals surface area contributed by atoms with Crippen molar-refractivity contribution in [3.63, 3.8) is 0 Å². The number of ether oxygens (including phenoxy) is 1. The van der Waals surface area contributed by atoms with Crippen molar-refractivity contribution >= 4 is 50.4 Å². The molecule has 0 aromatic heterocycles. The highest BCUT2D eigenvalue weighted by atomic mass is 79.9. The summed E-state index contributed by atoms with van der Waals surface area (Å²) in [6.45, 7) is 9.18. The Bertz CT molecular complexity index is 692. The number of methoxy groups -OCH3 is 1. The lowest BCUT2D eigenvalue weighted by molar-refractivity contribution is -0.142. The Labute approximate surface area is 168 Å². The van der Waals surface area contributed by atoms with Gasteiger partial charge in [0.15, 0.2) is 5.12 Å². The maximum absolute atomic E-state index is 13.0. The predicted molar refractivity (Wildman–Crippen MR) is 110 cm³/mol. The van der Waals surface area contributed by atoms with Crippen molar-refractivity contribution in [3.05, 3.63) is 27.7 Å². The van der Waals surface area contributed by atoms with Crippen LogP contribution in [0.3, 0.4) is 0 Å². The molecule has 0 aliphatic carbocycles. The molecule has 0 aliphatic heterocycles. The van der Waals surface area contributed by atoms with Crippen LogP contribution in [-0.2, 0) is 19.1 Å². The van der Waals surface area contributed by atoms with E-state index < -0.39 is 12.0 Å². The monoisotopic (exact) mass is 443 g/mol. The Balaban J connectivity index is 3.23. The molecule has 26 heavy (non-hydrogen) atoms. The summed E-state index contributed by atoms with van der Waals surface area (Å²) in [4.78, 5) is 38.6. The highest BCUT2D eigenvalue weighted by Gasteiger charge is 2.31. The second-order valence-corrected chi connectivity index (χ2v) is 8.05. The molecule has 0 aliphatic rings. The molecule has 0 heterocycles. The maximum Gasteiger partial charge on any atom is 0.328 e. The number of hydrogen-bond donors (Lipinski definition) is 0. The first-order valence-corrected chi connectivity index (χ1v) is 10.3. The Hall–Kier alpha value is -1.34. The van der Waals surface area contributed by atoms with Gasteiger partial charge < -0.3 is 4.74 Å². The molecule has 1 aromatic carbocycles. The number of nitrogens with zero attached hydrogens (tertiary/aromatic N) is 1. The Kier molecular flexibility index (Phi) is 8.83. The zero-order valence-corrected chi connectivity index (χ0v) is 18.5. The van der Waals surface area contributed by atoms with Gasteiger partial charge in [-0.3, -0.25) is 14.5 Å². The van der Waals surface area contributed by atoms with Gasteiger partial charge in [0, 0.05) is 10.4 Å². The summed E-state index contributed by atoms with van der Waals surface area (Å²) in [5, 5.41) is -0.0193. The van der Waals surface area contributed by atoms with E-state index in [1.165, 1.54) is 12.0 Å². The van der Waals surface area contributed by atoms with Crippen LogP contribution in [0.2, 0.25) is 0 Å². The molecule has 0 N–H and O–H groups in total. The minimum absolute atomic E-state index is 0.0180. The number of esters is 1. The molecule has 0 saturated heterocycles. The SMILES string of the molecule is CCC(C)C(=O)SCC(=O)N(c1c(C)ccc(Br)c1C)[C@@H](C)C(=O)OC. The lowest BCUT2D eigenvalue weighted by atomic mass is 10.1. The molecule has 1 amide bonds. The third-order valence-corrected chi connectivity index (χ3v) is 6.30. The van der Waals surface area contributed by atoms with E-state index in [2.05, 4.69) is 15.9 Å². The van der Waals surface area contributed by atoms with Crippen molar-refractivity contribution in [2.75, 3.05) is 17.8 Å². The average Bonchev–Trinajstić information content (AvgIpc) is 2.63. The van der Waals surface area contributed by atoms with E-state index in [1.54, 1.807) is 6.92 Å². The third kappa shape index (κ3) is 5.33. The molecule has 2 atom stereocenters. The molecular weight excluding hydrogens is 418 g/mol. The second kappa shape index (κ2) is 10.1. The summed E-state index contributed by atoms with van der Waals surface area (Å²) >= 11 is 4.48. The summed E-state index contributed by atoms with van der Waals surface area (Å²) in [6, 6.07) is 2.99. The fraction of sp³-hybridized carbons (Fsp3) is 0.526.